The third kappa shape index (κ3) is 1.97. The smallest absolute Gasteiger partial charge is 0.205 e. The number of thiophene rings is 1. The number of nitrogens with zero attached hydrogens (tertiary/aromatic N) is 1. The van der Waals surface area contributed by atoms with Crippen molar-refractivity contribution in [3.05, 3.63) is 37.0 Å². The second-order valence-corrected chi connectivity index (χ2v) is 5.98. The van der Waals surface area contributed by atoms with E-state index in [0.717, 1.165) is 8.45 Å². The number of carbonyl (C=O) groups is 1. The highest BCUT2D eigenvalue weighted by molar-refractivity contribution is 14.1. The van der Waals surface area contributed by atoms with Crippen LogP contribution in [0.3, 0.4) is 0 Å². The zero-order valence-electron chi connectivity index (χ0n) is 6.36. The van der Waals surface area contributed by atoms with Gasteiger partial charge < -0.3 is 0 Å². The van der Waals surface area contributed by atoms with Gasteiger partial charge in [0.25, 0.3) is 0 Å². The summed E-state index contributed by atoms with van der Waals surface area (Å²) < 4.78 is 5.03. The van der Waals surface area contributed by atoms with Gasteiger partial charge in [0, 0.05) is 17.1 Å². The minimum Gasteiger partial charge on any atom is -0.288 e. The maximum absolute atomic E-state index is 11.7. The molecule has 2 rings (SSSR count). The van der Waals surface area contributed by atoms with Gasteiger partial charge >= 0.3 is 0 Å². The molecule has 0 atom stereocenters. The molecule has 0 bridgehead atoms. The highest BCUT2D eigenvalue weighted by Gasteiger charge is 2.11. The molecule has 0 aliphatic carbocycles. The molecule has 0 spiro atoms. The number of rotatable bonds is 2. The van der Waals surface area contributed by atoms with Crippen LogP contribution in [0.4, 0.5) is 0 Å². The van der Waals surface area contributed by atoms with E-state index >= 15 is 0 Å². The lowest BCUT2D eigenvalue weighted by atomic mass is 10.2. The Morgan fingerprint density at radius 3 is 2.92 bits per heavy atom. The van der Waals surface area contributed by atoms with E-state index in [1.807, 2.05) is 11.4 Å². The van der Waals surface area contributed by atoms with E-state index in [-0.39, 0.29) is 5.78 Å². The molecule has 0 N–H and O–H groups in total. The molecular weight excluding hydrogens is 317 g/mol. The number of halogens is 1. The molecule has 0 saturated heterocycles. The Bertz CT molecular complexity index is 421. The van der Waals surface area contributed by atoms with Crippen LogP contribution < -0.4 is 0 Å². The van der Waals surface area contributed by atoms with Crippen molar-refractivity contribution in [2.75, 3.05) is 0 Å². The van der Waals surface area contributed by atoms with Crippen LogP contribution in [-0.2, 0) is 0 Å². The first kappa shape index (κ1) is 9.29. The van der Waals surface area contributed by atoms with E-state index in [9.17, 15) is 4.79 Å². The molecular formula is C8H4INOS2. The molecule has 13 heavy (non-hydrogen) atoms. The van der Waals surface area contributed by atoms with E-state index in [2.05, 4.69) is 27.0 Å². The van der Waals surface area contributed by atoms with Crippen LogP contribution in [0.15, 0.2) is 23.7 Å². The van der Waals surface area contributed by atoms with Gasteiger partial charge in [-0.25, -0.2) is 4.37 Å². The van der Waals surface area contributed by atoms with Crippen molar-refractivity contribution in [1.82, 2.24) is 4.37 Å². The fourth-order valence-corrected chi connectivity index (χ4v) is 2.79. The topological polar surface area (TPSA) is 30.0 Å². The molecule has 2 nitrogen and oxygen atoms in total. The third-order valence-corrected chi connectivity index (χ3v) is 4.03. The lowest BCUT2D eigenvalue weighted by Gasteiger charge is -1.89. The number of hydrogen-bond acceptors (Lipinski definition) is 4. The Hall–Kier alpha value is -0.270. The Balaban J connectivity index is 2.33. The fourth-order valence-electron chi connectivity index (χ4n) is 0.904. The average molecular weight is 321 g/mol. The molecule has 66 valence electrons. The van der Waals surface area contributed by atoms with Crippen molar-refractivity contribution in [3.63, 3.8) is 0 Å². The Labute approximate surface area is 96.9 Å². The van der Waals surface area contributed by atoms with Crippen LogP contribution in [0.5, 0.6) is 0 Å². The molecule has 0 aliphatic heterocycles. The quantitative estimate of drug-likeness (QED) is 0.629. The summed E-state index contributed by atoms with van der Waals surface area (Å²) in [6, 6.07) is 3.64. The van der Waals surface area contributed by atoms with Gasteiger partial charge in [0.15, 0.2) is 0 Å². The first-order chi connectivity index (χ1) is 6.27. The zero-order chi connectivity index (χ0) is 9.26. The van der Waals surface area contributed by atoms with Crippen LogP contribution in [0, 0.1) is 2.88 Å². The molecule has 0 amide bonds. The number of ketones is 1. The van der Waals surface area contributed by atoms with Gasteiger partial charge in [-0.2, -0.15) is 0 Å². The molecule has 0 aliphatic rings. The van der Waals surface area contributed by atoms with Gasteiger partial charge in [-0.15, -0.1) is 11.3 Å². The molecule has 0 unspecified atom stereocenters. The maximum Gasteiger partial charge on any atom is 0.205 e. The van der Waals surface area contributed by atoms with Crippen molar-refractivity contribution >= 4 is 51.2 Å². The van der Waals surface area contributed by atoms with E-state index in [4.69, 9.17) is 0 Å². The fraction of sp³-hybridized carbons (Fsp3) is 0. The van der Waals surface area contributed by atoms with Crippen molar-refractivity contribution in [2.24, 2.45) is 0 Å². The summed E-state index contributed by atoms with van der Waals surface area (Å²) in [7, 11) is 0. The van der Waals surface area contributed by atoms with Crippen LogP contribution in [0.2, 0.25) is 0 Å². The Morgan fingerprint density at radius 2 is 2.38 bits per heavy atom. The third-order valence-electron chi connectivity index (χ3n) is 1.49. The molecule has 2 aromatic heterocycles. The molecule has 0 aromatic carbocycles. The Morgan fingerprint density at radius 1 is 1.54 bits per heavy atom. The summed E-state index contributed by atoms with van der Waals surface area (Å²) >= 11 is 5.02. The van der Waals surface area contributed by atoms with Gasteiger partial charge in [0.1, 0.15) is 0 Å². The van der Waals surface area contributed by atoms with Crippen LogP contribution >= 0.6 is 45.5 Å². The summed E-state index contributed by atoms with van der Waals surface area (Å²) in [5.74, 6) is 0.0710. The summed E-state index contributed by atoms with van der Waals surface area (Å²) in [5.41, 5.74) is 0.763. The predicted octanol–water partition coefficient (Wildman–Crippen LogP) is 3.04. The van der Waals surface area contributed by atoms with Crippen LogP contribution in [-0.4, -0.2) is 10.2 Å². The van der Waals surface area contributed by atoms with Gasteiger partial charge in [-0.1, -0.05) is 0 Å². The highest BCUT2D eigenvalue weighted by Crippen LogP contribution is 2.20. The largest absolute Gasteiger partial charge is 0.288 e. The minimum absolute atomic E-state index is 0.0710. The zero-order valence-corrected chi connectivity index (χ0v) is 10.1. The second-order valence-electron chi connectivity index (χ2n) is 2.35. The average Bonchev–Trinajstić information content (AvgIpc) is 2.72. The van der Waals surface area contributed by atoms with Crippen molar-refractivity contribution in [2.45, 2.75) is 0 Å². The lowest BCUT2D eigenvalue weighted by molar-refractivity contribution is 0.104. The van der Waals surface area contributed by atoms with Gasteiger partial charge in [-0.05, 0) is 46.3 Å². The van der Waals surface area contributed by atoms with Gasteiger partial charge in [0.05, 0.1) is 7.76 Å². The monoisotopic (exact) mass is 321 g/mol. The first-order valence-corrected chi connectivity index (χ1v) is 6.20. The summed E-state index contributed by atoms with van der Waals surface area (Å²) in [6.45, 7) is 0. The molecule has 2 heterocycles. The van der Waals surface area contributed by atoms with Crippen molar-refractivity contribution < 1.29 is 4.79 Å². The number of aromatic nitrogens is 1. The summed E-state index contributed by atoms with van der Waals surface area (Å²) in [4.78, 5) is 12.4. The highest BCUT2D eigenvalue weighted by atomic mass is 127. The second kappa shape index (κ2) is 3.85. The van der Waals surface area contributed by atoms with E-state index in [1.54, 1.807) is 23.6 Å². The van der Waals surface area contributed by atoms with Crippen molar-refractivity contribution in [1.29, 1.82) is 0 Å². The summed E-state index contributed by atoms with van der Waals surface area (Å²) in [6.07, 6.45) is 1.65. The normalized spacial score (nSPS) is 10.2. The van der Waals surface area contributed by atoms with Gasteiger partial charge in [-0.3, -0.25) is 4.79 Å². The van der Waals surface area contributed by atoms with Gasteiger partial charge in [0.2, 0.25) is 5.78 Å². The van der Waals surface area contributed by atoms with E-state index in [0.29, 0.717) is 4.88 Å². The minimum atomic E-state index is 0.0710. The standard InChI is InChI=1S/C8H4INOS2/c9-7-3-5(4-12-7)8(11)6-1-2-10-13-6/h1-4H. The van der Waals surface area contributed by atoms with Crippen molar-refractivity contribution in [3.8, 4) is 0 Å². The van der Waals surface area contributed by atoms with E-state index in [1.165, 1.54) is 11.5 Å². The maximum atomic E-state index is 11.7. The van der Waals surface area contributed by atoms with Crippen LogP contribution in [0.25, 0.3) is 0 Å². The van der Waals surface area contributed by atoms with Crippen LogP contribution in [0.1, 0.15) is 15.2 Å². The molecule has 0 saturated carbocycles. The first-order valence-electron chi connectivity index (χ1n) is 3.47. The lowest BCUT2D eigenvalue weighted by Crippen LogP contribution is -1.95. The molecule has 5 heteroatoms. The molecule has 0 fully saturated rings. The number of hydrogen-bond donors (Lipinski definition) is 0. The number of carbonyl (C=O) groups excluding carboxylic acids is 1. The molecule has 2 aromatic rings. The SMILES string of the molecule is O=C(c1csc(I)c1)c1ccns1. The molecule has 0 radical (unpaired) electrons. The van der Waals surface area contributed by atoms with E-state index < -0.39 is 0 Å². The Kier molecular flexibility index (Phi) is 2.75. The predicted molar refractivity (Wildman–Crippen MR) is 62.6 cm³/mol. The summed E-state index contributed by atoms with van der Waals surface area (Å²) in [5, 5.41) is 1.88.